The molecule has 1 aromatic carbocycles. The normalized spacial score (nSPS) is 10.8. The fourth-order valence-electron chi connectivity index (χ4n) is 1.98. The highest BCUT2D eigenvalue weighted by molar-refractivity contribution is 14.1. The van der Waals surface area contributed by atoms with Crippen LogP contribution >= 0.6 is 22.6 Å². The zero-order valence-corrected chi connectivity index (χ0v) is 11.7. The minimum absolute atomic E-state index is 0.0819. The topological polar surface area (TPSA) is 90.4 Å². The summed E-state index contributed by atoms with van der Waals surface area (Å²) in [5.74, 6) is -2.67. The lowest BCUT2D eigenvalue weighted by molar-refractivity contribution is -0.136. The van der Waals surface area contributed by atoms with Crippen molar-refractivity contribution in [2.75, 3.05) is 0 Å². The van der Waals surface area contributed by atoms with E-state index in [1.54, 1.807) is 0 Å². The number of benzene rings is 1. The van der Waals surface area contributed by atoms with Crippen molar-refractivity contribution in [2.45, 2.75) is 12.8 Å². The highest BCUT2D eigenvalue weighted by atomic mass is 127. The molecule has 0 saturated heterocycles. The maximum absolute atomic E-state index is 13.3. The fourth-order valence-corrected chi connectivity index (χ4v) is 2.89. The Kier molecular flexibility index (Phi) is 3.74. The van der Waals surface area contributed by atoms with Crippen LogP contribution in [0.4, 0.5) is 4.39 Å². The highest BCUT2D eigenvalue weighted by Crippen LogP contribution is 2.29. The molecule has 0 aliphatic rings. The summed E-state index contributed by atoms with van der Waals surface area (Å²) in [6.45, 7) is 0. The summed E-state index contributed by atoms with van der Waals surface area (Å²) in [5, 5.41) is 18.4. The van der Waals surface area contributed by atoms with Gasteiger partial charge in [0.25, 0.3) is 0 Å². The van der Waals surface area contributed by atoms with Crippen molar-refractivity contribution >= 4 is 45.4 Å². The first-order valence-corrected chi connectivity index (χ1v) is 6.42. The smallest absolute Gasteiger partial charge is 0.352 e. The minimum Gasteiger partial charge on any atom is -0.481 e. The van der Waals surface area contributed by atoms with Gasteiger partial charge in [-0.3, -0.25) is 4.79 Å². The van der Waals surface area contributed by atoms with E-state index in [1.165, 1.54) is 12.1 Å². The van der Waals surface area contributed by atoms with Crippen LogP contribution in [0.3, 0.4) is 0 Å². The number of fused-ring (bicyclic) bond motifs is 1. The van der Waals surface area contributed by atoms with Crippen molar-refractivity contribution in [3.63, 3.8) is 0 Å². The number of aryl methyl sites for hydroxylation is 1. The lowest BCUT2D eigenvalue weighted by Crippen LogP contribution is -2.04. The Labute approximate surface area is 120 Å². The van der Waals surface area contributed by atoms with E-state index < -0.39 is 17.8 Å². The maximum atomic E-state index is 13.3. The quantitative estimate of drug-likeness (QED) is 0.715. The third kappa shape index (κ3) is 2.70. The van der Waals surface area contributed by atoms with Gasteiger partial charge in [-0.05, 0) is 46.7 Å². The van der Waals surface area contributed by atoms with Gasteiger partial charge in [-0.15, -0.1) is 0 Å². The number of halogens is 2. The molecule has 0 fully saturated rings. The number of hydrogen-bond donors (Lipinski definition) is 3. The van der Waals surface area contributed by atoms with Crippen molar-refractivity contribution in [1.29, 1.82) is 0 Å². The average Bonchev–Trinajstić information content (AvgIpc) is 2.64. The molecule has 2 rings (SSSR count). The molecule has 1 heterocycles. The lowest BCUT2D eigenvalue weighted by Gasteiger charge is -2.01. The van der Waals surface area contributed by atoms with E-state index >= 15 is 0 Å². The number of aliphatic carboxylic acids is 1. The van der Waals surface area contributed by atoms with E-state index in [1.807, 2.05) is 22.6 Å². The van der Waals surface area contributed by atoms with E-state index in [0.717, 1.165) is 0 Å². The fraction of sp³-hybridized carbons (Fsp3) is 0.167. The molecular formula is C12H9FINO4. The monoisotopic (exact) mass is 377 g/mol. The number of aromatic nitrogens is 1. The Morgan fingerprint density at radius 3 is 2.58 bits per heavy atom. The molecule has 0 spiro atoms. The molecule has 100 valence electrons. The predicted octanol–water partition coefficient (Wildman–Crippen LogP) is 2.63. The summed E-state index contributed by atoms with van der Waals surface area (Å²) in [7, 11) is 0. The summed E-state index contributed by atoms with van der Waals surface area (Å²) in [5.41, 5.74) is 0.677. The Hall–Kier alpha value is -1.64. The van der Waals surface area contributed by atoms with Gasteiger partial charge in [0.2, 0.25) is 0 Å². The number of nitrogens with one attached hydrogen (secondary N) is 1. The van der Waals surface area contributed by atoms with Crippen molar-refractivity contribution in [3.8, 4) is 0 Å². The van der Waals surface area contributed by atoms with Gasteiger partial charge < -0.3 is 15.2 Å². The van der Waals surface area contributed by atoms with Crippen LogP contribution in [0.5, 0.6) is 0 Å². The first-order chi connectivity index (χ1) is 8.90. The Morgan fingerprint density at radius 1 is 1.32 bits per heavy atom. The molecule has 19 heavy (non-hydrogen) atoms. The molecule has 0 saturated carbocycles. The third-order valence-electron chi connectivity index (χ3n) is 2.72. The van der Waals surface area contributed by atoms with Crippen molar-refractivity contribution in [2.24, 2.45) is 0 Å². The van der Waals surface area contributed by atoms with Gasteiger partial charge >= 0.3 is 11.9 Å². The molecule has 1 aromatic heterocycles. The molecule has 2 aromatic rings. The minimum atomic E-state index is -1.19. The van der Waals surface area contributed by atoms with Crippen LogP contribution < -0.4 is 0 Å². The number of H-pyrrole nitrogens is 1. The molecule has 0 unspecified atom stereocenters. The van der Waals surface area contributed by atoms with Gasteiger partial charge in [-0.25, -0.2) is 9.18 Å². The number of rotatable bonds is 4. The number of carbonyl (C=O) groups is 2. The van der Waals surface area contributed by atoms with Crippen LogP contribution in [-0.2, 0) is 11.2 Å². The summed E-state index contributed by atoms with van der Waals surface area (Å²) in [6, 6.07) is 2.49. The number of hydrogen-bond acceptors (Lipinski definition) is 2. The molecular weight excluding hydrogens is 368 g/mol. The van der Waals surface area contributed by atoms with Crippen LogP contribution in [0, 0.1) is 9.39 Å². The van der Waals surface area contributed by atoms with Crippen molar-refractivity contribution in [3.05, 3.63) is 32.8 Å². The Bertz CT molecular complexity index is 680. The summed E-state index contributed by atoms with van der Waals surface area (Å²) in [4.78, 5) is 24.4. The van der Waals surface area contributed by atoms with Crippen molar-refractivity contribution in [1.82, 2.24) is 4.98 Å². The molecule has 0 amide bonds. The van der Waals surface area contributed by atoms with Crippen molar-refractivity contribution < 1.29 is 24.2 Å². The largest absolute Gasteiger partial charge is 0.481 e. The van der Waals surface area contributed by atoms with Gasteiger partial charge in [0.05, 0.1) is 5.52 Å². The zero-order chi connectivity index (χ0) is 14.2. The summed E-state index contributed by atoms with van der Waals surface area (Å²) >= 11 is 1.90. The van der Waals surface area contributed by atoms with E-state index in [-0.39, 0.29) is 18.5 Å². The Morgan fingerprint density at radius 2 is 2.00 bits per heavy atom. The second kappa shape index (κ2) is 5.16. The second-order valence-electron chi connectivity index (χ2n) is 3.99. The summed E-state index contributed by atoms with van der Waals surface area (Å²) in [6.07, 6.45) is -0.0979. The third-order valence-corrected chi connectivity index (χ3v) is 3.57. The van der Waals surface area contributed by atoms with E-state index in [0.29, 0.717) is 20.0 Å². The van der Waals surface area contributed by atoms with Gasteiger partial charge in [0.15, 0.2) is 0 Å². The molecule has 0 radical (unpaired) electrons. The van der Waals surface area contributed by atoms with Gasteiger partial charge in [0, 0.05) is 15.4 Å². The number of aromatic amines is 1. The number of carboxylic acids is 2. The van der Waals surface area contributed by atoms with Gasteiger partial charge in [0.1, 0.15) is 11.5 Å². The zero-order valence-electron chi connectivity index (χ0n) is 9.54. The van der Waals surface area contributed by atoms with E-state index in [2.05, 4.69) is 4.98 Å². The van der Waals surface area contributed by atoms with Crippen LogP contribution in [0.15, 0.2) is 12.1 Å². The van der Waals surface area contributed by atoms with E-state index in [4.69, 9.17) is 10.2 Å². The summed E-state index contributed by atoms with van der Waals surface area (Å²) < 4.78 is 13.8. The molecule has 0 aliphatic heterocycles. The number of carboxylic acid groups (broad SMARTS) is 2. The molecule has 7 heteroatoms. The van der Waals surface area contributed by atoms with Crippen LogP contribution in [0.1, 0.15) is 22.5 Å². The molecule has 3 N–H and O–H groups in total. The van der Waals surface area contributed by atoms with Crippen LogP contribution in [0.25, 0.3) is 10.9 Å². The second-order valence-corrected chi connectivity index (χ2v) is 5.15. The maximum Gasteiger partial charge on any atom is 0.352 e. The first kappa shape index (κ1) is 13.8. The SMILES string of the molecule is O=C(O)CCc1c(C(=O)O)[nH]c2cc(F)cc(I)c12. The highest BCUT2D eigenvalue weighted by Gasteiger charge is 2.20. The first-order valence-electron chi connectivity index (χ1n) is 5.35. The molecule has 0 bridgehead atoms. The molecule has 0 aliphatic carbocycles. The molecule has 5 nitrogen and oxygen atoms in total. The standard InChI is InChI=1S/C12H9FINO4/c13-5-3-7(14)10-6(1-2-9(16)17)11(12(18)19)15-8(10)4-5/h3-4,15H,1-2H2,(H,16,17)(H,18,19). The average molecular weight is 377 g/mol. The van der Waals surface area contributed by atoms with E-state index in [9.17, 15) is 14.0 Å². The van der Waals surface area contributed by atoms with Gasteiger partial charge in [-0.1, -0.05) is 0 Å². The van der Waals surface area contributed by atoms with Crippen LogP contribution in [0.2, 0.25) is 0 Å². The lowest BCUT2D eigenvalue weighted by atomic mass is 10.1. The Balaban J connectivity index is 2.65. The predicted molar refractivity (Wildman–Crippen MR) is 73.9 cm³/mol. The number of aromatic carboxylic acids is 1. The van der Waals surface area contributed by atoms with Gasteiger partial charge in [-0.2, -0.15) is 0 Å². The molecule has 0 atom stereocenters. The van der Waals surface area contributed by atoms with Crippen LogP contribution in [-0.4, -0.2) is 27.1 Å².